The van der Waals surface area contributed by atoms with Gasteiger partial charge in [0.1, 0.15) is 5.69 Å². The topological polar surface area (TPSA) is 82.5 Å². The fourth-order valence-electron chi connectivity index (χ4n) is 6.24. The lowest BCUT2D eigenvalue weighted by molar-refractivity contribution is -0.149. The molecule has 31 heavy (non-hydrogen) atoms. The molecule has 0 aliphatic heterocycles. The maximum atomic E-state index is 13.0. The summed E-state index contributed by atoms with van der Waals surface area (Å²) in [6, 6.07) is 5.33. The zero-order chi connectivity index (χ0) is 22.8. The van der Waals surface area contributed by atoms with E-state index < -0.39 is 6.10 Å². The Balaban J connectivity index is 1.75. The van der Waals surface area contributed by atoms with Crippen molar-refractivity contribution in [1.82, 2.24) is 15.2 Å². The minimum Gasteiger partial charge on any atom is -0.392 e. The summed E-state index contributed by atoms with van der Waals surface area (Å²) in [5.41, 5.74) is 0.461. The first-order valence-corrected chi connectivity index (χ1v) is 11.9. The number of nitrogens with zero attached hydrogens (tertiary/aromatic N) is 2. The first kappa shape index (κ1) is 23.7. The maximum Gasteiger partial charge on any atom is 0.270 e. The summed E-state index contributed by atoms with van der Waals surface area (Å²) >= 11 is 0. The van der Waals surface area contributed by atoms with E-state index in [1.807, 2.05) is 31.7 Å². The van der Waals surface area contributed by atoms with Gasteiger partial charge < -0.3 is 15.3 Å². The molecule has 2 aliphatic carbocycles. The molecule has 0 spiro atoms. The van der Waals surface area contributed by atoms with Gasteiger partial charge in [-0.1, -0.05) is 26.8 Å². The molecular formula is C25H39N3O3. The van der Waals surface area contributed by atoms with Gasteiger partial charge in [0.2, 0.25) is 5.91 Å². The van der Waals surface area contributed by atoms with Crippen LogP contribution < -0.4 is 5.32 Å². The molecule has 2 N–H and O–H groups in total. The highest BCUT2D eigenvalue weighted by atomic mass is 16.3. The normalized spacial score (nSPS) is 33.8. The predicted octanol–water partition coefficient (Wildman–Crippen LogP) is 3.51. The molecule has 1 aromatic heterocycles. The van der Waals surface area contributed by atoms with Crippen molar-refractivity contribution in [3.05, 3.63) is 30.1 Å². The summed E-state index contributed by atoms with van der Waals surface area (Å²) in [7, 11) is 0. The Bertz CT molecular complexity index is 767. The van der Waals surface area contributed by atoms with E-state index in [2.05, 4.69) is 24.1 Å². The zero-order valence-corrected chi connectivity index (χ0v) is 19.7. The molecule has 2 saturated carbocycles. The van der Waals surface area contributed by atoms with Crippen molar-refractivity contribution in [2.75, 3.05) is 13.1 Å². The molecule has 172 valence electrons. The van der Waals surface area contributed by atoms with Crippen molar-refractivity contribution in [2.45, 2.75) is 72.4 Å². The van der Waals surface area contributed by atoms with Gasteiger partial charge in [-0.3, -0.25) is 14.6 Å². The Labute approximate surface area is 186 Å². The lowest BCUT2D eigenvalue weighted by atomic mass is 9.51. The average Bonchev–Trinajstić information content (AvgIpc) is 2.76. The summed E-state index contributed by atoms with van der Waals surface area (Å²) in [4.78, 5) is 31.7. The Morgan fingerprint density at radius 2 is 1.94 bits per heavy atom. The first-order chi connectivity index (χ1) is 14.7. The van der Waals surface area contributed by atoms with Gasteiger partial charge >= 0.3 is 0 Å². The largest absolute Gasteiger partial charge is 0.392 e. The first-order valence-electron chi connectivity index (χ1n) is 11.9. The number of carbonyl (C=O) groups is 2. The Kier molecular flexibility index (Phi) is 7.40. The molecule has 6 nitrogen and oxygen atoms in total. The number of aliphatic hydroxyl groups is 1. The van der Waals surface area contributed by atoms with E-state index in [1.54, 1.807) is 18.3 Å². The summed E-state index contributed by atoms with van der Waals surface area (Å²) in [5.74, 6) is -0.0796. The quantitative estimate of drug-likeness (QED) is 0.725. The molecule has 0 radical (unpaired) electrons. The van der Waals surface area contributed by atoms with Crippen molar-refractivity contribution >= 4 is 11.8 Å². The van der Waals surface area contributed by atoms with E-state index in [0.717, 1.165) is 25.7 Å². The second kappa shape index (κ2) is 9.68. The molecule has 0 aromatic carbocycles. The van der Waals surface area contributed by atoms with Gasteiger partial charge in [-0.15, -0.1) is 0 Å². The second-order valence-corrected chi connectivity index (χ2v) is 9.86. The van der Waals surface area contributed by atoms with Crippen LogP contribution in [0.4, 0.5) is 0 Å². The molecule has 2 fully saturated rings. The van der Waals surface area contributed by atoms with Gasteiger partial charge in [0, 0.05) is 31.2 Å². The number of hydrogen-bond acceptors (Lipinski definition) is 4. The molecule has 0 saturated heterocycles. The van der Waals surface area contributed by atoms with Crippen LogP contribution in [0.25, 0.3) is 0 Å². The Morgan fingerprint density at radius 1 is 1.26 bits per heavy atom. The third kappa shape index (κ3) is 4.64. The number of hydrogen-bond donors (Lipinski definition) is 2. The highest BCUT2D eigenvalue weighted by molar-refractivity contribution is 5.92. The van der Waals surface area contributed by atoms with E-state index in [-0.39, 0.29) is 46.9 Å². The molecule has 0 bridgehead atoms. The molecule has 2 amide bonds. The highest BCUT2D eigenvalue weighted by Gasteiger charge is 2.54. The van der Waals surface area contributed by atoms with Crippen LogP contribution in [0.15, 0.2) is 24.4 Å². The number of fused-ring (bicyclic) bond motifs is 1. The van der Waals surface area contributed by atoms with Crippen molar-refractivity contribution in [1.29, 1.82) is 0 Å². The van der Waals surface area contributed by atoms with Crippen LogP contribution in [-0.4, -0.2) is 52.0 Å². The molecule has 7 atom stereocenters. The van der Waals surface area contributed by atoms with Crippen LogP contribution in [0.3, 0.4) is 0 Å². The van der Waals surface area contributed by atoms with Crippen LogP contribution in [-0.2, 0) is 4.79 Å². The van der Waals surface area contributed by atoms with Crippen molar-refractivity contribution in [3.63, 3.8) is 0 Å². The molecule has 3 rings (SSSR count). The molecular weight excluding hydrogens is 390 g/mol. The number of amides is 2. The number of aromatic nitrogens is 1. The molecule has 2 aliphatic rings. The summed E-state index contributed by atoms with van der Waals surface area (Å²) in [6.45, 7) is 11.8. The van der Waals surface area contributed by atoms with Crippen LogP contribution in [0.2, 0.25) is 0 Å². The van der Waals surface area contributed by atoms with E-state index in [4.69, 9.17) is 0 Å². The molecule has 1 heterocycles. The van der Waals surface area contributed by atoms with Crippen molar-refractivity contribution in [2.24, 2.45) is 29.1 Å². The zero-order valence-electron chi connectivity index (χ0n) is 19.7. The minimum absolute atomic E-state index is 0.00484. The standard InChI is InChI=1S/C25H39N3O3/c1-6-28(7-2)24(31)16(3)18-11-13-25(5)14-12-19(17(4)21(25)22(18)29)27-23(30)20-10-8-9-15-26-20/h8-10,15-19,21-22,29H,6-7,11-14H2,1-5H3,(H,27,30)/t16-,17+,18-,19-,21+,22-,25+/m0/s1. The van der Waals surface area contributed by atoms with Gasteiger partial charge in [0.25, 0.3) is 5.91 Å². The Morgan fingerprint density at radius 3 is 2.55 bits per heavy atom. The number of carbonyl (C=O) groups excluding carboxylic acids is 2. The summed E-state index contributed by atoms with van der Waals surface area (Å²) < 4.78 is 0. The number of nitrogens with one attached hydrogen (secondary N) is 1. The van der Waals surface area contributed by atoms with Crippen LogP contribution in [0.1, 0.15) is 70.8 Å². The second-order valence-electron chi connectivity index (χ2n) is 9.86. The van der Waals surface area contributed by atoms with E-state index in [9.17, 15) is 14.7 Å². The number of aliphatic hydroxyl groups excluding tert-OH is 1. The van der Waals surface area contributed by atoms with Gasteiger partial charge in [-0.25, -0.2) is 0 Å². The van der Waals surface area contributed by atoms with Crippen molar-refractivity contribution < 1.29 is 14.7 Å². The molecule has 1 aromatic rings. The van der Waals surface area contributed by atoms with E-state index >= 15 is 0 Å². The molecule has 6 heteroatoms. The lowest BCUT2D eigenvalue weighted by Gasteiger charge is -2.56. The summed E-state index contributed by atoms with van der Waals surface area (Å²) in [5, 5.41) is 14.7. The van der Waals surface area contributed by atoms with Crippen LogP contribution in [0, 0.1) is 29.1 Å². The lowest BCUT2D eigenvalue weighted by Crippen LogP contribution is -2.58. The Hall–Kier alpha value is -1.95. The monoisotopic (exact) mass is 429 g/mol. The van der Waals surface area contributed by atoms with Gasteiger partial charge in [0.05, 0.1) is 6.10 Å². The predicted molar refractivity (Wildman–Crippen MR) is 121 cm³/mol. The van der Waals surface area contributed by atoms with Gasteiger partial charge in [0.15, 0.2) is 0 Å². The maximum absolute atomic E-state index is 13.0. The third-order valence-corrected chi connectivity index (χ3v) is 8.21. The SMILES string of the molecule is CCN(CC)C(=O)[C@@H](C)[C@@H]1CC[C@]2(C)CC[C@H](NC(=O)c3ccccn3)[C@@H](C)[C@@H]2[C@H]1O. The summed E-state index contributed by atoms with van der Waals surface area (Å²) in [6.07, 6.45) is 4.84. The fourth-order valence-corrected chi connectivity index (χ4v) is 6.24. The van der Waals surface area contributed by atoms with E-state index in [1.165, 1.54) is 0 Å². The molecule has 0 unspecified atom stereocenters. The van der Waals surface area contributed by atoms with Gasteiger partial charge in [-0.05, 0) is 74.8 Å². The minimum atomic E-state index is -0.544. The third-order valence-electron chi connectivity index (χ3n) is 8.21. The number of pyridine rings is 1. The van der Waals surface area contributed by atoms with Crippen molar-refractivity contribution in [3.8, 4) is 0 Å². The average molecular weight is 430 g/mol. The number of rotatable bonds is 6. The van der Waals surface area contributed by atoms with Crippen LogP contribution >= 0.6 is 0 Å². The fraction of sp³-hybridized carbons (Fsp3) is 0.720. The smallest absolute Gasteiger partial charge is 0.270 e. The highest BCUT2D eigenvalue weighted by Crippen LogP contribution is 2.55. The van der Waals surface area contributed by atoms with Gasteiger partial charge in [-0.2, -0.15) is 0 Å². The van der Waals surface area contributed by atoms with Crippen LogP contribution in [0.5, 0.6) is 0 Å². The van der Waals surface area contributed by atoms with E-state index in [0.29, 0.717) is 18.8 Å².